The molecular weight excluding hydrogens is 278 g/mol. The van der Waals surface area contributed by atoms with Crippen molar-refractivity contribution in [3.63, 3.8) is 0 Å². The number of nitrogens with one attached hydrogen (secondary N) is 1. The van der Waals surface area contributed by atoms with E-state index in [0.717, 1.165) is 24.3 Å². The fraction of sp³-hybridized carbons (Fsp3) is 0.294. The normalized spacial score (nSPS) is 13.4. The molecule has 0 aliphatic heterocycles. The zero-order chi connectivity index (χ0) is 15.8. The predicted molar refractivity (Wildman–Crippen MR) is 89.6 cm³/mol. The molecule has 5 heteroatoms. The maximum atomic E-state index is 10.0. The van der Waals surface area contributed by atoms with Gasteiger partial charge in [0.05, 0.1) is 0 Å². The third-order valence-electron chi connectivity index (χ3n) is 3.29. The van der Waals surface area contributed by atoms with Gasteiger partial charge in [0.1, 0.15) is 11.9 Å². The van der Waals surface area contributed by atoms with Crippen LogP contribution in [0, 0.1) is 0 Å². The number of aliphatic hydroxyl groups is 1. The highest BCUT2D eigenvalue weighted by atomic mass is 16.5. The van der Waals surface area contributed by atoms with Crippen LogP contribution >= 0.6 is 0 Å². The molecule has 0 spiro atoms. The summed E-state index contributed by atoms with van der Waals surface area (Å²) < 4.78 is 5.50. The molecule has 6 N–H and O–H groups in total. The largest absolute Gasteiger partial charge is 0.473 e. The van der Waals surface area contributed by atoms with Gasteiger partial charge in [-0.05, 0) is 43.2 Å². The van der Waals surface area contributed by atoms with Crippen LogP contribution < -0.4 is 21.5 Å². The van der Waals surface area contributed by atoms with Gasteiger partial charge < -0.3 is 20.9 Å². The Morgan fingerprint density at radius 3 is 2.59 bits per heavy atom. The van der Waals surface area contributed by atoms with E-state index in [1.54, 1.807) is 0 Å². The molecule has 0 aliphatic rings. The quantitative estimate of drug-likeness (QED) is 0.341. The summed E-state index contributed by atoms with van der Waals surface area (Å²) in [5.74, 6) is 0.659. The highest BCUT2D eigenvalue weighted by Crippen LogP contribution is 2.14. The van der Waals surface area contributed by atoms with Gasteiger partial charge in [0, 0.05) is 17.9 Å². The summed E-state index contributed by atoms with van der Waals surface area (Å²) in [5.41, 5.74) is 13.3. The molecular formula is C17H23N3O2. The van der Waals surface area contributed by atoms with Gasteiger partial charge in [-0.3, -0.25) is 5.73 Å². The molecule has 0 heterocycles. The first kappa shape index (κ1) is 16.1. The fourth-order valence-electron chi connectivity index (χ4n) is 2.09. The van der Waals surface area contributed by atoms with Gasteiger partial charge in [-0.2, -0.15) is 0 Å². The third-order valence-corrected chi connectivity index (χ3v) is 3.29. The molecule has 0 radical (unpaired) electrons. The lowest BCUT2D eigenvalue weighted by Crippen LogP contribution is -2.40. The third kappa shape index (κ3) is 5.27. The standard InChI is InChI=1S/C17H23N3O2/c18-13-6-4-7-14(12-13)20-11-5-10-16(21)17(19)22-15-8-2-1-3-9-15/h1-4,6-9,12,16-17,20-21H,5,10-11,18-19H2. The van der Waals surface area contributed by atoms with Crippen LogP contribution in [0.1, 0.15) is 12.8 Å². The Bertz CT molecular complexity index is 563. The van der Waals surface area contributed by atoms with Crippen LogP contribution in [0.25, 0.3) is 0 Å². The van der Waals surface area contributed by atoms with Crippen LogP contribution in [-0.2, 0) is 0 Å². The topological polar surface area (TPSA) is 93.5 Å². The Kier molecular flexibility index (Phi) is 6.06. The van der Waals surface area contributed by atoms with E-state index in [4.69, 9.17) is 16.2 Å². The number of aliphatic hydroxyl groups excluding tert-OH is 1. The van der Waals surface area contributed by atoms with Crippen molar-refractivity contribution >= 4 is 11.4 Å². The lowest BCUT2D eigenvalue weighted by atomic mass is 10.1. The van der Waals surface area contributed by atoms with E-state index in [2.05, 4.69) is 5.32 Å². The number of hydrogen-bond donors (Lipinski definition) is 4. The van der Waals surface area contributed by atoms with Crippen LogP contribution in [-0.4, -0.2) is 24.0 Å². The van der Waals surface area contributed by atoms with Gasteiger partial charge in [0.2, 0.25) is 0 Å². The van der Waals surface area contributed by atoms with Gasteiger partial charge in [-0.15, -0.1) is 0 Å². The van der Waals surface area contributed by atoms with Crippen molar-refractivity contribution in [2.75, 3.05) is 17.6 Å². The monoisotopic (exact) mass is 301 g/mol. The van der Waals surface area contributed by atoms with Crippen LogP contribution in [0.2, 0.25) is 0 Å². The average molecular weight is 301 g/mol. The molecule has 0 fully saturated rings. The molecule has 0 aliphatic carbocycles. The Morgan fingerprint density at radius 1 is 1.09 bits per heavy atom. The van der Waals surface area contributed by atoms with Crippen LogP contribution in [0.4, 0.5) is 11.4 Å². The maximum absolute atomic E-state index is 10.0. The molecule has 2 rings (SSSR count). The molecule has 118 valence electrons. The number of para-hydroxylation sites is 1. The molecule has 2 unspecified atom stereocenters. The molecule has 0 saturated heterocycles. The van der Waals surface area contributed by atoms with E-state index in [1.807, 2.05) is 54.6 Å². The molecule has 0 aromatic heterocycles. The van der Waals surface area contributed by atoms with E-state index in [1.165, 1.54) is 0 Å². The summed E-state index contributed by atoms with van der Waals surface area (Å²) in [6.07, 6.45) is -0.0943. The van der Waals surface area contributed by atoms with Crippen LogP contribution in [0.3, 0.4) is 0 Å². The molecule has 22 heavy (non-hydrogen) atoms. The van der Waals surface area contributed by atoms with E-state index in [0.29, 0.717) is 12.2 Å². The van der Waals surface area contributed by atoms with E-state index >= 15 is 0 Å². The first-order chi connectivity index (χ1) is 10.6. The van der Waals surface area contributed by atoms with E-state index < -0.39 is 12.3 Å². The zero-order valence-corrected chi connectivity index (χ0v) is 12.5. The fourth-order valence-corrected chi connectivity index (χ4v) is 2.09. The summed E-state index contributed by atoms with van der Waals surface area (Å²) >= 11 is 0. The number of nitrogen functional groups attached to an aromatic ring is 1. The van der Waals surface area contributed by atoms with Crippen molar-refractivity contribution in [1.82, 2.24) is 0 Å². The zero-order valence-electron chi connectivity index (χ0n) is 12.5. The Hall–Kier alpha value is -2.24. The van der Waals surface area contributed by atoms with Crippen molar-refractivity contribution in [3.05, 3.63) is 54.6 Å². The number of nitrogens with two attached hydrogens (primary N) is 2. The number of anilines is 2. The molecule has 2 aromatic rings. The molecule has 2 aromatic carbocycles. The molecule has 0 bridgehead atoms. The lowest BCUT2D eigenvalue weighted by Gasteiger charge is -2.20. The minimum absolute atomic E-state index is 0.559. The van der Waals surface area contributed by atoms with Crippen molar-refractivity contribution in [2.24, 2.45) is 5.73 Å². The summed E-state index contributed by atoms with van der Waals surface area (Å²) in [4.78, 5) is 0. The van der Waals surface area contributed by atoms with Gasteiger partial charge in [-0.25, -0.2) is 0 Å². The lowest BCUT2D eigenvalue weighted by molar-refractivity contribution is 0.0340. The second kappa shape index (κ2) is 8.26. The van der Waals surface area contributed by atoms with Crippen molar-refractivity contribution in [1.29, 1.82) is 0 Å². The Labute approximate surface area is 130 Å². The number of rotatable bonds is 8. The second-order valence-electron chi connectivity index (χ2n) is 5.16. The minimum Gasteiger partial charge on any atom is -0.473 e. The van der Waals surface area contributed by atoms with Crippen molar-refractivity contribution < 1.29 is 9.84 Å². The molecule has 0 saturated carbocycles. The molecule has 5 nitrogen and oxygen atoms in total. The number of benzene rings is 2. The minimum atomic E-state index is -0.727. The molecule has 2 atom stereocenters. The summed E-state index contributed by atoms with van der Waals surface area (Å²) in [6.45, 7) is 0.735. The summed E-state index contributed by atoms with van der Waals surface area (Å²) in [5, 5.41) is 13.3. The predicted octanol–water partition coefficient (Wildman–Crippen LogP) is 2.19. The van der Waals surface area contributed by atoms with Crippen molar-refractivity contribution in [2.45, 2.75) is 25.2 Å². The van der Waals surface area contributed by atoms with Gasteiger partial charge in [0.25, 0.3) is 0 Å². The number of hydrogen-bond acceptors (Lipinski definition) is 5. The van der Waals surface area contributed by atoms with Crippen LogP contribution in [0.15, 0.2) is 54.6 Å². The number of ether oxygens (including phenoxy) is 1. The van der Waals surface area contributed by atoms with Crippen molar-refractivity contribution in [3.8, 4) is 5.75 Å². The summed E-state index contributed by atoms with van der Waals surface area (Å²) in [7, 11) is 0. The van der Waals surface area contributed by atoms with E-state index in [9.17, 15) is 5.11 Å². The van der Waals surface area contributed by atoms with Gasteiger partial charge >= 0.3 is 0 Å². The first-order valence-electron chi connectivity index (χ1n) is 7.40. The SMILES string of the molecule is Nc1cccc(NCCCC(O)C(N)Oc2ccccc2)c1. The smallest absolute Gasteiger partial charge is 0.173 e. The second-order valence-corrected chi connectivity index (χ2v) is 5.16. The highest BCUT2D eigenvalue weighted by molar-refractivity contribution is 5.53. The average Bonchev–Trinajstić information content (AvgIpc) is 2.52. The summed E-state index contributed by atoms with van der Waals surface area (Å²) in [6, 6.07) is 16.8. The Balaban J connectivity index is 1.67. The van der Waals surface area contributed by atoms with E-state index in [-0.39, 0.29) is 0 Å². The maximum Gasteiger partial charge on any atom is 0.173 e. The van der Waals surface area contributed by atoms with Crippen LogP contribution in [0.5, 0.6) is 5.75 Å². The van der Waals surface area contributed by atoms with Gasteiger partial charge in [0.15, 0.2) is 6.23 Å². The molecule has 0 amide bonds. The first-order valence-corrected chi connectivity index (χ1v) is 7.40. The highest BCUT2D eigenvalue weighted by Gasteiger charge is 2.15. The Morgan fingerprint density at radius 2 is 1.86 bits per heavy atom. The van der Waals surface area contributed by atoms with Gasteiger partial charge in [-0.1, -0.05) is 24.3 Å².